The molecule has 2 rings (SSSR count). The molecule has 1 fully saturated rings. The molecule has 0 bridgehead atoms. The molecule has 138 valence electrons. The molecule has 1 aliphatic rings. The molecule has 1 aromatic carbocycles. The number of carbonyl (C=O) groups is 2. The third kappa shape index (κ3) is 6.89. The van der Waals surface area contributed by atoms with Gasteiger partial charge in [-0.2, -0.15) is 0 Å². The summed E-state index contributed by atoms with van der Waals surface area (Å²) in [7, 11) is 1.35. The van der Waals surface area contributed by atoms with Crippen molar-refractivity contribution < 1.29 is 14.3 Å². The van der Waals surface area contributed by atoms with Gasteiger partial charge in [-0.1, -0.05) is 63.9 Å². The monoisotopic (exact) mass is 345 g/mol. The smallest absolute Gasteiger partial charge is 0.337 e. The third-order valence-corrected chi connectivity index (χ3v) is 4.99. The van der Waals surface area contributed by atoms with Crippen LogP contribution in [0.15, 0.2) is 24.3 Å². The quantitative estimate of drug-likeness (QED) is 0.795. The Morgan fingerprint density at radius 3 is 1.96 bits per heavy atom. The van der Waals surface area contributed by atoms with E-state index in [0.29, 0.717) is 11.1 Å². The number of nitrogens with one attached hydrogen (secondary N) is 1. The van der Waals surface area contributed by atoms with Crippen LogP contribution in [0.3, 0.4) is 0 Å². The highest BCUT2D eigenvalue weighted by molar-refractivity contribution is 5.98. The Hall–Kier alpha value is -1.84. The number of esters is 1. The number of ether oxygens (including phenoxy) is 1. The molecular weight excluding hydrogens is 314 g/mol. The first-order chi connectivity index (χ1) is 12.2. The Bertz CT molecular complexity index is 544. The van der Waals surface area contributed by atoms with Crippen molar-refractivity contribution in [3.63, 3.8) is 0 Å². The SMILES string of the molecule is COC(=O)c1cccc(C(=O)NC2CCCCCCCCCCC2)c1. The first-order valence-electron chi connectivity index (χ1n) is 9.70. The molecule has 4 nitrogen and oxygen atoms in total. The van der Waals surface area contributed by atoms with E-state index in [2.05, 4.69) is 5.32 Å². The van der Waals surface area contributed by atoms with Crippen molar-refractivity contribution in [1.82, 2.24) is 5.32 Å². The highest BCUT2D eigenvalue weighted by Gasteiger charge is 2.15. The minimum Gasteiger partial charge on any atom is -0.465 e. The van der Waals surface area contributed by atoms with Gasteiger partial charge in [-0.15, -0.1) is 0 Å². The topological polar surface area (TPSA) is 55.4 Å². The molecule has 1 N–H and O–H groups in total. The van der Waals surface area contributed by atoms with Gasteiger partial charge in [0.2, 0.25) is 0 Å². The van der Waals surface area contributed by atoms with E-state index in [-0.39, 0.29) is 11.9 Å². The zero-order chi connectivity index (χ0) is 17.9. The predicted octanol–water partition coefficient (Wildman–Crippen LogP) is 4.88. The molecule has 1 aliphatic carbocycles. The Morgan fingerprint density at radius 2 is 1.40 bits per heavy atom. The van der Waals surface area contributed by atoms with E-state index >= 15 is 0 Å². The fourth-order valence-electron chi connectivity index (χ4n) is 3.48. The largest absolute Gasteiger partial charge is 0.465 e. The average Bonchev–Trinajstić information content (AvgIpc) is 2.63. The Kier molecular flexibility index (Phi) is 8.50. The Morgan fingerprint density at radius 1 is 0.880 bits per heavy atom. The summed E-state index contributed by atoms with van der Waals surface area (Å²) in [5.41, 5.74) is 0.933. The first kappa shape index (κ1) is 19.5. The summed E-state index contributed by atoms with van der Waals surface area (Å²) in [6.45, 7) is 0. The molecular formula is C21H31NO3. The molecule has 0 saturated heterocycles. The van der Waals surface area contributed by atoms with E-state index in [9.17, 15) is 9.59 Å². The van der Waals surface area contributed by atoms with Crippen molar-refractivity contribution in [1.29, 1.82) is 0 Å². The number of rotatable bonds is 3. The lowest BCUT2D eigenvalue weighted by Gasteiger charge is -2.20. The van der Waals surface area contributed by atoms with Crippen molar-refractivity contribution in [2.75, 3.05) is 7.11 Å². The van der Waals surface area contributed by atoms with Gasteiger partial charge in [0.05, 0.1) is 12.7 Å². The number of methoxy groups -OCH3 is 1. The summed E-state index contributed by atoms with van der Waals surface area (Å²) in [6, 6.07) is 6.97. The van der Waals surface area contributed by atoms with E-state index in [1.165, 1.54) is 64.9 Å². The summed E-state index contributed by atoms with van der Waals surface area (Å²) in [5.74, 6) is -0.511. The summed E-state index contributed by atoms with van der Waals surface area (Å²) < 4.78 is 4.73. The predicted molar refractivity (Wildman–Crippen MR) is 99.8 cm³/mol. The fraction of sp³-hybridized carbons (Fsp3) is 0.619. The number of amides is 1. The van der Waals surface area contributed by atoms with Crippen LogP contribution in [0.5, 0.6) is 0 Å². The van der Waals surface area contributed by atoms with Crippen LogP contribution >= 0.6 is 0 Å². The van der Waals surface area contributed by atoms with Gasteiger partial charge in [-0.3, -0.25) is 4.79 Å². The van der Waals surface area contributed by atoms with Gasteiger partial charge >= 0.3 is 5.97 Å². The highest BCUT2D eigenvalue weighted by Crippen LogP contribution is 2.17. The molecule has 0 aromatic heterocycles. The average molecular weight is 345 g/mol. The maximum Gasteiger partial charge on any atom is 0.337 e. The van der Waals surface area contributed by atoms with Crippen LogP contribution in [0, 0.1) is 0 Å². The Labute approximate surface area is 151 Å². The maximum absolute atomic E-state index is 12.6. The molecule has 25 heavy (non-hydrogen) atoms. The van der Waals surface area contributed by atoms with Crippen LogP contribution in [0.2, 0.25) is 0 Å². The van der Waals surface area contributed by atoms with Gasteiger partial charge in [0, 0.05) is 11.6 Å². The van der Waals surface area contributed by atoms with Crippen LogP contribution in [-0.4, -0.2) is 25.0 Å². The van der Waals surface area contributed by atoms with Crippen LogP contribution in [0.1, 0.15) is 91.3 Å². The molecule has 1 aromatic rings. The van der Waals surface area contributed by atoms with E-state index in [1.807, 2.05) is 0 Å². The third-order valence-electron chi connectivity index (χ3n) is 4.99. The molecule has 0 unspecified atom stereocenters. The number of hydrogen-bond donors (Lipinski definition) is 1. The fourth-order valence-corrected chi connectivity index (χ4v) is 3.48. The van der Waals surface area contributed by atoms with Crippen molar-refractivity contribution in [2.45, 2.75) is 76.7 Å². The second-order valence-electron chi connectivity index (χ2n) is 7.00. The summed E-state index contributed by atoms with van der Waals surface area (Å²) in [5, 5.41) is 3.18. The Balaban J connectivity index is 1.94. The van der Waals surface area contributed by atoms with Gasteiger partial charge in [-0.05, 0) is 31.0 Å². The van der Waals surface area contributed by atoms with Gasteiger partial charge in [0.25, 0.3) is 5.91 Å². The number of hydrogen-bond acceptors (Lipinski definition) is 3. The highest BCUT2D eigenvalue weighted by atomic mass is 16.5. The molecule has 1 saturated carbocycles. The van der Waals surface area contributed by atoms with Crippen molar-refractivity contribution >= 4 is 11.9 Å². The molecule has 0 spiro atoms. The van der Waals surface area contributed by atoms with Crippen LogP contribution in [-0.2, 0) is 4.74 Å². The van der Waals surface area contributed by atoms with E-state index < -0.39 is 5.97 Å². The normalized spacial score (nSPS) is 17.8. The zero-order valence-electron chi connectivity index (χ0n) is 15.4. The van der Waals surface area contributed by atoms with Crippen molar-refractivity contribution in [2.24, 2.45) is 0 Å². The second-order valence-corrected chi connectivity index (χ2v) is 7.00. The first-order valence-corrected chi connectivity index (χ1v) is 9.70. The van der Waals surface area contributed by atoms with Crippen LogP contribution in [0.4, 0.5) is 0 Å². The number of carbonyl (C=O) groups excluding carboxylic acids is 2. The molecule has 0 atom stereocenters. The van der Waals surface area contributed by atoms with Crippen molar-refractivity contribution in [3.8, 4) is 0 Å². The van der Waals surface area contributed by atoms with Gasteiger partial charge in [0.1, 0.15) is 0 Å². The lowest BCUT2D eigenvalue weighted by molar-refractivity contribution is 0.0600. The van der Waals surface area contributed by atoms with E-state index in [4.69, 9.17) is 4.74 Å². The molecule has 0 aliphatic heterocycles. The lowest BCUT2D eigenvalue weighted by atomic mass is 9.97. The summed E-state index contributed by atoms with van der Waals surface area (Å²) in [6.07, 6.45) is 13.6. The van der Waals surface area contributed by atoms with Gasteiger partial charge in [0.15, 0.2) is 0 Å². The summed E-state index contributed by atoms with van der Waals surface area (Å²) >= 11 is 0. The van der Waals surface area contributed by atoms with E-state index in [1.54, 1.807) is 24.3 Å². The van der Waals surface area contributed by atoms with Gasteiger partial charge in [-0.25, -0.2) is 4.79 Å². The molecule has 1 amide bonds. The molecule has 0 heterocycles. The second kappa shape index (κ2) is 10.9. The lowest BCUT2D eigenvalue weighted by Crippen LogP contribution is -2.35. The minimum absolute atomic E-state index is 0.0946. The summed E-state index contributed by atoms with van der Waals surface area (Å²) in [4.78, 5) is 24.2. The maximum atomic E-state index is 12.6. The van der Waals surface area contributed by atoms with E-state index in [0.717, 1.165) is 12.8 Å². The number of benzene rings is 1. The molecule has 4 heteroatoms. The van der Waals surface area contributed by atoms with Gasteiger partial charge < -0.3 is 10.1 Å². The zero-order valence-corrected chi connectivity index (χ0v) is 15.4. The standard InChI is InChI=1S/C21H31NO3/c1-25-21(24)18-13-11-12-17(16-18)20(23)22-19-14-9-7-5-3-2-4-6-8-10-15-19/h11-13,16,19H,2-10,14-15H2,1H3,(H,22,23). The van der Waals surface area contributed by atoms with Crippen LogP contribution in [0.25, 0.3) is 0 Å². The minimum atomic E-state index is -0.416. The van der Waals surface area contributed by atoms with Crippen LogP contribution < -0.4 is 5.32 Å². The molecule has 0 radical (unpaired) electrons. The van der Waals surface area contributed by atoms with Crippen molar-refractivity contribution in [3.05, 3.63) is 35.4 Å².